The van der Waals surface area contributed by atoms with Gasteiger partial charge in [-0.15, -0.1) is 0 Å². The monoisotopic (exact) mass is 165 g/mol. The number of methoxy groups -OCH3 is 1. The minimum Gasteiger partial charge on any atom is -0.383 e. The van der Waals surface area contributed by atoms with E-state index in [0.29, 0.717) is 6.61 Å². The minimum atomic E-state index is 0.599. The summed E-state index contributed by atoms with van der Waals surface area (Å²) in [6.07, 6.45) is 4.60. The summed E-state index contributed by atoms with van der Waals surface area (Å²) < 4.78 is 5.03. The van der Waals surface area contributed by atoms with Gasteiger partial charge in [0.25, 0.3) is 0 Å². The van der Waals surface area contributed by atoms with Crippen molar-refractivity contribution in [3.8, 4) is 0 Å². The summed E-state index contributed by atoms with van der Waals surface area (Å²) in [6.45, 7) is 3.51. The Hall–Kier alpha value is -1.09. The van der Waals surface area contributed by atoms with Crippen LogP contribution < -0.4 is 5.32 Å². The van der Waals surface area contributed by atoms with E-state index in [2.05, 4.69) is 16.5 Å². The van der Waals surface area contributed by atoms with E-state index in [0.717, 1.165) is 17.8 Å². The van der Waals surface area contributed by atoms with Crippen molar-refractivity contribution in [2.45, 2.75) is 13.5 Å². The lowest BCUT2D eigenvalue weighted by atomic mass is 10.2. The van der Waals surface area contributed by atoms with E-state index in [-0.39, 0.29) is 0 Å². The standard InChI is InChI=1S/C9H13N2O/c1-3-11-9-6-10-5-4-8(9)7-12-2/h4-5,11H,3,7H2,1-2H3. The third-order valence-electron chi connectivity index (χ3n) is 1.50. The second-order valence-corrected chi connectivity index (χ2v) is 2.42. The molecule has 1 rings (SSSR count). The van der Waals surface area contributed by atoms with Gasteiger partial charge in [-0.05, 0) is 13.0 Å². The average Bonchev–Trinajstić information content (AvgIpc) is 2.09. The van der Waals surface area contributed by atoms with Crippen molar-refractivity contribution in [1.82, 2.24) is 4.98 Å². The van der Waals surface area contributed by atoms with E-state index in [1.807, 2.05) is 13.0 Å². The van der Waals surface area contributed by atoms with Gasteiger partial charge in [-0.25, -0.2) is 0 Å². The normalized spacial score (nSPS) is 9.83. The fourth-order valence-corrected chi connectivity index (χ4v) is 0.990. The number of hydrogen-bond acceptors (Lipinski definition) is 3. The molecule has 0 spiro atoms. The molecule has 0 aliphatic carbocycles. The van der Waals surface area contributed by atoms with Gasteiger partial charge in [0.05, 0.1) is 12.3 Å². The van der Waals surface area contributed by atoms with Crippen LogP contribution in [0.1, 0.15) is 12.5 Å². The van der Waals surface area contributed by atoms with E-state index in [1.165, 1.54) is 0 Å². The fourth-order valence-electron chi connectivity index (χ4n) is 0.990. The third kappa shape index (κ3) is 2.20. The highest BCUT2D eigenvalue weighted by atomic mass is 16.5. The van der Waals surface area contributed by atoms with Crippen molar-refractivity contribution in [3.05, 3.63) is 24.0 Å². The Morgan fingerprint density at radius 1 is 1.67 bits per heavy atom. The minimum absolute atomic E-state index is 0.599. The molecule has 1 aromatic rings. The third-order valence-corrected chi connectivity index (χ3v) is 1.50. The maximum Gasteiger partial charge on any atom is 0.114 e. The van der Waals surface area contributed by atoms with Gasteiger partial charge in [-0.3, -0.25) is 4.98 Å². The largest absolute Gasteiger partial charge is 0.383 e. The number of nitrogens with zero attached hydrogens (tertiary/aromatic N) is 1. The Morgan fingerprint density at radius 3 is 3.17 bits per heavy atom. The lowest BCUT2D eigenvalue weighted by Crippen LogP contribution is -2.02. The van der Waals surface area contributed by atoms with Crippen molar-refractivity contribution >= 4 is 5.69 Å². The molecule has 3 nitrogen and oxygen atoms in total. The van der Waals surface area contributed by atoms with Crippen LogP contribution in [0.3, 0.4) is 0 Å². The number of nitrogens with one attached hydrogen (secondary N) is 1. The van der Waals surface area contributed by atoms with E-state index in [9.17, 15) is 0 Å². The number of anilines is 1. The van der Waals surface area contributed by atoms with Crippen molar-refractivity contribution < 1.29 is 4.74 Å². The molecule has 0 aromatic carbocycles. The van der Waals surface area contributed by atoms with E-state index >= 15 is 0 Å². The van der Waals surface area contributed by atoms with Gasteiger partial charge in [0.2, 0.25) is 0 Å². The highest BCUT2D eigenvalue weighted by molar-refractivity contribution is 5.47. The maximum absolute atomic E-state index is 5.03. The Kier molecular flexibility index (Phi) is 3.54. The van der Waals surface area contributed by atoms with Gasteiger partial charge in [-0.1, -0.05) is 0 Å². The molecule has 3 heteroatoms. The zero-order valence-electron chi connectivity index (χ0n) is 7.42. The van der Waals surface area contributed by atoms with Gasteiger partial charge in [-0.2, -0.15) is 0 Å². The first-order valence-corrected chi connectivity index (χ1v) is 3.96. The summed E-state index contributed by atoms with van der Waals surface area (Å²) in [6, 6.07) is 1.93. The topological polar surface area (TPSA) is 34.2 Å². The molecule has 0 atom stereocenters. The zero-order chi connectivity index (χ0) is 8.81. The molecule has 12 heavy (non-hydrogen) atoms. The molecule has 1 heterocycles. The second kappa shape index (κ2) is 4.72. The first-order valence-electron chi connectivity index (χ1n) is 3.96. The molecule has 0 bridgehead atoms. The number of aromatic nitrogens is 1. The molecule has 65 valence electrons. The Balaban J connectivity index is 2.77. The summed E-state index contributed by atoms with van der Waals surface area (Å²) in [5.41, 5.74) is 2.02. The molecule has 0 fully saturated rings. The quantitative estimate of drug-likeness (QED) is 0.733. The smallest absolute Gasteiger partial charge is 0.114 e. The second-order valence-electron chi connectivity index (χ2n) is 2.42. The summed E-state index contributed by atoms with van der Waals surface area (Å²) in [4.78, 5) is 3.90. The Morgan fingerprint density at radius 2 is 2.50 bits per heavy atom. The predicted octanol–water partition coefficient (Wildman–Crippen LogP) is 1.46. The van der Waals surface area contributed by atoms with E-state index in [1.54, 1.807) is 13.3 Å². The summed E-state index contributed by atoms with van der Waals surface area (Å²) in [5, 5.41) is 3.16. The number of rotatable bonds is 4. The molecule has 0 unspecified atom stereocenters. The first kappa shape index (κ1) is 9.00. The highest BCUT2D eigenvalue weighted by Crippen LogP contribution is 2.12. The molecule has 1 radical (unpaired) electrons. The van der Waals surface area contributed by atoms with Crippen molar-refractivity contribution in [2.75, 3.05) is 19.0 Å². The predicted molar refractivity (Wildman–Crippen MR) is 47.9 cm³/mol. The molecule has 1 N–H and O–H groups in total. The van der Waals surface area contributed by atoms with Crippen LogP contribution in [0.5, 0.6) is 0 Å². The van der Waals surface area contributed by atoms with Crippen molar-refractivity contribution in [1.29, 1.82) is 0 Å². The zero-order valence-corrected chi connectivity index (χ0v) is 7.42. The van der Waals surface area contributed by atoms with Crippen LogP contribution in [0.25, 0.3) is 0 Å². The van der Waals surface area contributed by atoms with Crippen LogP contribution in [0.4, 0.5) is 5.69 Å². The number of pyridine rings is 1. The molecule has 1 aromatic heterocycles. The fraction of sp³-hybridized carbons (Fsp3) is 0.444. The maximum atomic E-state index is 5.03. The molecular weight excluding hydrogens is 152 g/mol. The molecule has 0 saturated heterocycles. The number of hydrogen-bond donors (Lipinski definition) is 1. The lowest BCUT2D eigenvalue weighted by molar-refractivity contribution is 0.185. The summed E-state index contributed by atoms with van der Waals surface area (Å²) in [5.74, 6) is 0. The van der Waals surface area contributed by atoms with E-state index in [4.69, 9.17) is 4.74 Å². The van der Waals surface area contributed by atoms with Gasteiger partial charge in [0.15, 0.2) is 0 Å². The van der Waals surface area contributed by atoms with Gasteiger partial charge in [0.1, 0.15) is 6.20 Å². The number of ether oxygens (including phenoxy) is 1. The van der Waals surface area contributed by atoms with Crippen molar-refractivity contribution in [3.63, 3.8) is 0 Å². The Labute approximate surface area is 72.8 Å². The molecule has 0 aliphatic heterocycles. The lowest BCUT2D eigenvalue weighted by Gasteiger charge is -2.07. The highest BCUT2D eigenvalue weighted by Gasteiger charge is 1.99. The summed E-state index contributed by atoms with van der Waals surface area (Å²) in [7, 11) is 1.68. The molecule has 0 saturated carbocycles. The molecular formula is C9H13N2O. The molecule has 0 amide bonds. The van der Waals surface area contributed by atoms with Crippen LogP contribution in [-0.4, -0.2) is 18.6 Å². The van der Waals surface area contributed by atoms with E-state index < -0.39 is 0 Å². The van der Waals surface area contributed by atoms with Crippen molar-refractivity contribution in [2.24, 2.45) is 0 Å². The first-order chi connectivity index (χ1) is 5.88. The average molecular weight is 165 g/mol. The van der Waals surface area contributed by atoms with Gasteiger partial charge in [0, 0.05) is 25.4 Å². The van der Waals surface area contributed by atoms with Gasteiger partial charge < -0.3 is 10.1 Å². The van der Waals surface area contributed by atoms with Crippen LogP contribution in [0.15, 0.2) is 12.3 Å². The van der Waals surface area contributed by atoms with Gasteiger partial charge >= 0.3 is 0 Å². The summed E-state index contributed by atoms with van der Waals surface area (Å²) >= 11 is 0. The molecule has 0 aliphatic rings. The van der Waals surface area contributed by atoms with Crippen LogP contribution in [0, 0.1) is 6.20 Å². The van der Waals surface area contributed by atoms with Crippen LogP contribution in [0.2, 0.25) is 0 Å². The Bertz CT molecular complexity index is 213. The SMILES string of the molecule is CCNc1[c]nccc1COC. The van der Waals surface area contributed by atoms with Crippen LogP contribution in [-0.2, 0) is 11.3 Å². The van der Waals surface area contributed by atoms with Crippen LogP contribution >= 0.6 is 0 Å².